The minimum Gasteiger partial charge on any atom is -0.353 e. The van der Waals surface area contributed by atoms with E-state index in [9.17, 15) is 4.79 Å². The Morgan fingerprint density at radius 3 is 2.56 bits per heavy atom. The first-order valence-electron chi connectivity index (χ1n) is 7.57. The lowest BCUT2D eigenvalue weighted by atomic mass is 10.2. The van der Waals surface area contributed by atoms with Gasteiger partial charge in [-0.2, -0.15) is 0 Å². The van der Waals surface area contributed by atoms with E-state index in [0.29, 0.717) is 27.0 Å². The maximum Gasteiger partial charge on any atom is 0.257 e. The normalized spacial score (nSPS) is 10.4. The summed E-state index contributed by atoms with van der Waals surface area (Å²) in [6.45, 7) is 1.94. The monoisotopic (exact) mass is 371 g/mol. The fraction of sp³-hybridized carbons (Fsp3) is 0.0526. The van der Waals surface area contributed by atoms with Gasteiger partial charge >= 0.3 is 0 Å². The predicted octanol–water partition coefficient (Wildman–Crippen LogP) is 5.69. The minimum atomic E-state index is -0.229. The molecule has 0 spiro atoms. The molecule has 0 atom stereocenters. The number of nitrogens with one attached hydrogen (secondary N) is 2. The molecule has 1 aromatic heterocycles. The first-order chi connectivity index (χ1) is 12.0. The second-order valence-corrected chi connectivity index (χ2v) is 6.32. The summed E-state index contributed by atoms with van der Waals surface area (Å²) in [4.78, 5) is 16.6. The molecule has 0 saturated carbocycles. The van der Waals surface area contributed by atoms with Crippen LogP contribution in [0.3, 0.4) is 0 Å². The van der Waals surface area contributed by atoms with Gasteiger partial charge in [-0.25, -0.2) is 0 Å². The van der Waals surface area contributed by atoms with Crippen LogP contribution in [0.5, 0.6) is 0 Å². The molecule has 1 heterocycles. The van der Waals surface area contributed by atoms with E-state index in [2.05, 4.69) is 15.6 Å². The first-order valence-corrected chi connectivity index (χ1v) is 8.32. The average molecular weight is 372 g/mol. The number of aryl methyl sites for hydroxylation is 1. The third kappa shape index (κ3) is 4.29. The standard InChI is InChI=1S/C19H15Cl2N3O/c1-12-4-2-3-5-17(12)24-19(25)13-8-15(11-22-10-13)23-18-7-6-14(20)9-16(18)21/h2-11,23H,1H3,(H,24,25). The van der Waals surface area contributed by atoms with Gasteiger partial charge in [-0.1, -0.05) is 41.4 Å². The van der Waals surface area contributed by atoms with Gasteiger partial charge in [0.25, 0.3) is 5.91 Å². The van der Waals surface area contributed by atoms with Crippen LogP contribution in [0, 0.1) is 6.92 Å². The zero-order chi connectivity index (χ0) is 17.8. The molecule has 6 heteroatoms. The number of aromatic nitrogens is 1. The Bertz CT molecular complexity index is 928. The average Bonchev–Trinajstić information content (AvgIpc) is 2.60. The Kier molecular flexibility index (Phi) is 5.22. The van der Waals surface area contributed by atoms with E-state index in [1.165, 1.54) is 6.20 Å². The summed E-state index contributed by atoms with van der Waals surface area (Å²) in [7, 11) is 0. The van der Waals surface area contributed by atoms with Crippen LogP contribution in [-0.4, -0.2) is 10.9 Å². The number of anilines is 3. The van der Waals surface area contributed by atoms with E-state index in [1.807, 2.05) is 31.2 Å². The predicted molar refractivity (Wildman–Crippen MR) is 103 cm³/mol. The molecule has 0 unspecified atom stereocenters. The molecule has 0 aliphatic carbocycles. The van der Waals surface area contributed by atoms with Gasteiger partial charge in [0.15, 0.2) is 0 Å². The van der Waals surface area contributed by atoms with Crippen LogP contribution in [0.15, 0.2) is 60.9 Å². The molecular weight excluding hydrogens is 357 g/mol. The molecule has 2 aromatic carbocycles. The number of halogens is 2. The number of amides is 1. The second-order valence-electron chi connectivity index (χ2n) is 5.48. The van der Waals surface area contributed by atoms with Gasteiger partial charge in [-0.15, -0.1) is 0 Å². The van der Waals surface area contributed by atoms with E-state index in [-0.39, 0.29) is 5.91 Å². The van der Waals surface area contributed by atoms with Gasteiger partial charge in [0, 0.05) is 16.9 Å². The van der Waals surface area contributed by atoms with Gasteiger partial charge in [-0.05, 0) is 42.8 Å². The number of carbonyl (C=O) groups is 1. The van der Waals surface area contributed by atoms with Crippen molar-refractivity contribution in [1.82, 2.24) is 4.98 Å². The Morgan fingerprint density at radius 1 is 1.00 bits per heavy atom. The number of carbonyl (C=O) groups excluding carboxylic acids is 1. The third-order valence-corrected chi connectivity index (χ3v) is 4.15. The number of para-hydroxylation sites is 1. The van der Waals surface area contributed by atoms with Crippen LogP contribution in [0.2, 0.25) is 10.0 Å². The van der Waals surface area contributed by atoms with Crippen LogP contribution in [0.25, 0.3) is 0 Å². The maximum atomic E-state index is 12.5. The Labute approximate surface area is 155 Å². The van der Waals surface area contributed by atoms with Crippen molar-refractivity contribution in [3.63, 3.8) is 0 Å². The quantitative estimate of drug-likeness (QED) is 0.618. The summed E-state index contributed by atoms with van der Waals surface area (Å²) in [6.07, 6.45) is 3.14. The second kappa shape index (κ2) is 7.55. The lowest BCUT2D eigenvalue weighted by Gasteiger charge is -2.11. The molecule has 4 nitrogen and oxygen atoms in total. The number of hydrogen-bond acceptors (Lipinski definition) is 3. The van der Waals surface area contributed by atoms with Crippen LogP contribution >= 0.6 is 23.2 Å². The molecule has 1 amide bonds. The van der Waals surface area contributed by atoms with E-state index in [4.69, 9.17) is 23.2 Å². The van der Waals surface area contributed by atoms with E-state index in [1.54, 1.807) is 30.5 Å². The highest BCUT2D eigenvalue weighted by atomic mass is 35.5. The summed E-state index contributed by atoms with van der Waals surface area (Å²) in [5.74, 6) is -0.229. The van der Waals surface area contributed by atoms with Crippen LogP contribution < -0.4 is 10.6 Å². The van der Waals surface area contributed by atoms with Gasteiger partial charge in [0.05, 0.1) is 28.2 Å². The summed E-state index contributed by atoms with van der Waals surface area (Å²) in [5, 5.41) is 7.07. The molecule has 2 N–H and O–H groups in total. The zero-order valence-corrected chi connectivity index (χ0v) is 14.9. The summed E-state index contributed by atoms with van der Waals surface area (Å²) < 4.78 is 0. The Balaban J connectivity index is 1.79. The van der Waals surface area contributed by atoms with Crippen molar-refractivity contribution in [2.45, 2.75) is 6.92 Å². The third-order valence-electron chi connectivity index (χ3n) is 3.60. The van der Waals surface area contributed by atoms with Crippen molar-refractivity contribution in [1.29, 1.82) is 0 Å². The van der Waals surface area contributed by atoms with Crippen molar-refractivity contribution in [2.75, 3.05) is 10.6 Å². The zero-order valence-electron chi connectivity index (χ0n) is 13.4. The number of hydrogen-bond donors (Lipinski definition) is 2. The summed E-state index contributed by atoms with van der Waals surface area (Å²) in [5.41, 5.74) is 3.54. The van der Waals surface area contributed by atoms with Crippen LogP contribution in [0.1, 0.15) is 15.9 Å². The lowest BCUT2D eigenvalue weighted by Crippen LogP contribution is -2.13. The molecule has 0 bridgehead atoms. The Hall–Kier alpha value is -2.56. The van der Waals surface area contributed by atoms with Crippen LogP contribution in [0.4, 0.5) is 17.1 Å². The number of benzene rings is 2. The molecule has 3 rings (SSSR count). The van der Waals surface area contributed by atoms with Crippen molar-refractivity contribution in [3.05, 3.63) is 82.1 Å². The minimum absolute atomic E-state index is 0.229. The highest BCUT2D eigenvalue weighted by Crippen LogP contribution is 2.28. The van der Waals surface area contributed by atoms with Gasteiger partial charge in [0.1, 0.15) is 0 Å². The van der Waals surface area contributed by atoms with E-state index >= 15 is 0 Å². The molecule has 0 radical (unpaired) electrons. The molecule has 0 aliphatic heterocycles. The molecule has 0 fully saturated rings. The number of nitrogens with zero attached hydrogens (tertiary/aromatic N) is 1. The largest absolute Gasteiger partial charge is 0.353 e. The summed E-state index contributed by atoms with van der Waals surface area (Å²) in [6, 6.07) is 14.5. The molecule has 0 aliphatic rings. The van der Waals surface area contributed by atoms with E-state index in [0.717, 1.165) is 11.3 Å². The number of pyridine rings is 1. The van der Waals surface area contributed by atoms with Crippen LogP contribution in [-0.2, 0) is 0 Å². The maximum absolute atomic E-state index is 12.5. The van der Waals surface area contributed by atoms with Crippen molar-refractivity contribution < 1.29 is 4.79 Å². The molecule has 126 valence electrons. The molecule has 0 saturated heterocycles. The highest BCUT2D eigenvalue weighted by molar-refractivity contribution is 6.36. The summed E-state index contributed by atoms with van der Waals surface area (Å²) >= 11 is 12.1. The van der Waals surface area contributed by atoms with Gasteiger partial charge < -0.3 is 10.6 Å². The first kappa shape index (κ1) is 17.3. The number of rotatable bonds is 4. The topological polar surface area (TPSA) is 54.0 Å². The smallest absolute Gasteiger partial charge is 0.257 e. The molecule has 25 heavy (non-hydrogen) atoms. The van der Waals surface area contributed by atoms with Gasteiger partial charge in [0.2, 0.25) is 0 Å². The fourth-order valence-corrected chi connectivity index (χ4v) is 2.74. The molecular formula is C19H15Cl2N3O. The van der Waals surface area contributed by atoms with Crippen molar-refractivity contribution >= 4 is 46.2 Å². The lowest BCUT2D eigenvalue weighted by molar-refractivity contribution is 0.102. The SMILES string of the molecule is Cc1ccccc1NC(=O)c1cncc(Nc2ccc(Cl)cc2Cl)c1. The van der Waals surface area contributed by atoms with Crippen molar-refractivity contribution in [3.8, 4) is 0 Å². The highest BCUT2D eigenvalue weighted by Gasteiger charge is 2.10. The van der Waals surface area contributed by atoms with Gasteiger partial charge in [-0.3, -0.25) is 9.78 Å². The van der Waals surface area contributed by atoms with E-state index < -0.39 is 0 Å². The Morgan fingerprint density at radius 2 is 1.80 bits per heavy atom. The van der Waals surface area contributed by atoms with Crippen molar-refractivity contribution in [2.24, 2.45) is 0 Å². The molecule has 3 aromatic rings. The fourth-order valence-electron chi connectivity index (χ4n) is 2.29.